The zero-order valence-electron chi connectivity index (χ0n) is 9.13. The molecule has 0 radical (unpaired) electrons. The molecule has 0 saturated heterocycles. The minimum Gasteiger partial charge on any atom is -0.296 e. The number of anilines is 2. The quantitative estimate of drug-likeness (QED) is 0.720. The van der Waals surface area contributed by atoms with E-state index in [-0.39, 0.29) is 29.5 Å². The van der Waals surface area contributed by atoms with E-state index in [0.29, 0.717) is 0 Å². The van der Waals surface area contributed by atoms with Crippen molar-refractivity contribution < 1.29 is 9.59 Å². The van der Waals surface area contributed by atoms with Crippen molar-refractivity contribution in [1.29, 1.82) is 0 Å². The Balaban J connectivity index is 2.50. The van der Waals surface area contributed by atoms with Crippen LogP contribution in [0.4, 0.5) is 11.9 Å². The molecule has 0 aromatic carbocycles. The molecule has 0 spiro atoms. The van der Waals surface area contributed by atoms with E-state index in [1.54, 1.807) is 0 Å². The Kier molecular flexibility index (Phi) is 2.65. The van der Waals surface area contributed by atoms with Gasteiger partial charge >= 0.3 is 0 Å². The van der Waals surface area contributed by atoms with Crippen LogP contribution in [0.1, 0.15) is 13.8 Å². The third-order valence-corrected chi connectivity index (χ3v) is 1.75. The van der Waals surface area contributed by atoms with Gasteiger partial charge in [-0.15, -0.1) is 10.2 Å². The second kappa shape index (κ2) is 4.12. The average molecular weight is 235 g/mol. The standard InChI is InChI=1S/C8H9N7O2/c1-4(16)10-6-12-7(11-5(2)17)15-3-9-14-8(15)13-6/h3H,1-2H3,(H2,10,11,12,13,14,16,17). The summed E-state index contributed by atoms with van der Waals surface area (Å²) in [5, 5.41) is 12.2. The predicted octanol–water partition coefficient (Wildman–Crippen LogP) is -0.564. The molecule has 2 heterocycles. The third kappa shape index (κ3) is 2.33. The first-order valence-electron chi connectivity index (χ1n) is 4.69. The molecule has 2 amide bonds. The molecule has 88 valence electrons. The number of carbonyl (C=O) groups excluding carboxylic acids is 2. The molecular formula is C8H9N7O2. The number of aromatic nitrogens is 5. The summed E-state index contributed by atoms with van der Waals surface area (Å²) in [6.07, 6.45) is 1.36. The fourth-order valence-corrected chi connectivity index (χ4v) is 1.19. The van der Waals surface area contributed by atoms with Gasteiger partial charge in [-0.1, -0.05) is 0 Å². The summed E-state index contributed by atoms with van der Waals surface area (Å²) in [7, 11) is 0. The highest BCUT2D eigenvalue weighted by Crippen LogP contribution is 2.09. The molecule has 0 fully saturated rings. The monoisotopic (exact) mass is 235 g/mol. The lowest BCUT2D eigenvalue weighted by Gasteiger charge is -2.06. The Morgan fingerprint density at radius 3 is 2.53 bits per heavy atom. The topological polar surface area (TPSA) is 114 Å². The number of nitrogens with zero attached hydrogens (tertiary/aromatic N) is 5. The molecule has 9 heteroatoms. The zero-order chi connectivity index (χ0) is 12.4. The fraction of sp³-hybridized carbons (Fsp3) is 0.250. The van der Waals surface area contributed by atoms with Crippen molar-refractivity contribution in [1.82, 2.24) is 24.6 Å². The number of carbonyl (C=O) groups is 2. The Labute approximate surface area is 95.3 Å². The Morgan fingerprint density at radius 1 is 1.18 bits per heavy atom. The van der Waals surface area contributed by atoms with Crippen LogP contribution in [-0.2, 0) is 9.59 Å². The maximum absolute atomic E-state index is 11.0. The van der Waals surface area contributed by atoms with Crippen molar-refractivity contribution in [3.63, 3.8) is 0 Å². The second-order valence-electron chi connectivity index (χ2n) is 3.23. The first kappa shape index (κ1) is 10.9. The molecule has 2 rings (SSSR count). The highest BCUT2D eigenvalue weighted by atomic mass is 16.2. The van der Waals surface area contributed by atoms with Gasteiger partial charge in [-0.05, 0) is 0 Å². The molecule has 0 atom stereocenters. The second-order valence-corrected chi connectivity index (χ2v) is 3.23. The predicted molar refractivity (Wildman–Crippen MR) is 57.2 cm³/mol. The lowest BCUT2D eigenvalue weighted by molar-refractivity contribution is -0.115. The van der Waals surface area contributed by atoms with E-state index in [0.717, 1.165) is 0 Å². The highest BCUT2D eigenvalue weighted by molar-refractivity contribution is 5.89. The largest absolute Gasteiger partial charge is 0.296 e. The van der Waals surface area contributed by atoms with Gasteiger partial charge in [0, 0.05) is 13.8 Å². The molecule has 2 N–H and O–H groups in total. The lowest BCUT2D eigenvalue weighted by atomic mass is 10.6. The molecular weight excluding hydrogens is 226 g/mol. The molecule has 0 bridgehead atoms. The van der Waals surface area contributed by atoms with Crippen LogP contribution >= 0.6 is 0 Å². The normalized spacial score (nSPS) is 10.2. The number of nitrogens with one attached hydrogen (secondary N) is 2. The molecule has 9 nitrogen and oxygen atoms in total. The minimum atomic E-state index is -0.317. The average Bonchev–Trinajstić information content (AvgIpc) is 2.63. The van der Waals surface area contributed by atoms with Gasteiger partial charge in [-0.2, -0.15) is 9.97 Å². The van der Waals surface area contributed by atoms with Gasteiger partial charge in [-0.3, -0.25) is 20.2 Å². The van der Waals surface area contributed by atoms with Crippen molar-refractivity contribution in [3.05, 3.63) is 6.33 Å². The summed E-state index contributed by atoms with van der Waals surface area (Å²) in [4.78, 5) is 29.8. The maximum atomic E-state index is 11.0. The van der Waals surface area contributed by atoms with E-state index in [1.807, 2.05) is 0 Å². The van der Waals surface area contributed by atoms with Crippen LogP contribution < -0.4 is 10.6 Å². The smallest absolute Gasteiger partial charge is 0.260 e. The van der Waals surface area contributed by atoms with E-state index >= 15 is 0 Å². The van der Waals surface area contributed by atoms with Crippen molar-refractivity contribution in [3.8, 4) is 0 Å². The van der Waals surface area contributed by atoms with E-state index < -0.39 is 0 Å². The van der Waals surface area contributed by atoms with E-state index in [1.165, 1.54) is 24.6 Å². The molecule has 17 heavy (non-hydrogen) atoms. The van der Waals surface area contributed by atoms with Crippen LogP contribution in [0.3, 0.4) is 0 Å². The highest BCUT2D eigenvalue weighted by Gasteiger charge is 2.10. The van der Waals surface area contributed by atoms with E-state index in [2.05, 4.69) is 30.8 Å². The van der Waals surface area contributed by atoms with Gasteiger partial charge in [-0.25, -0.2) is 4.40 Å². The third-order valence-electron chi connectivity index (χ3n) is 1.75. The summed E-state index contributed by atoms with van der Waals surface area (Å²) in [5.41, 5.74) is 0. The van der Waals surface area contributed by atoms with E-state index in [9.17, 15) is 9.59 Å². The van der Waals surface area contributed by atoms with Crippen molar-refractivity contribution >= 4 is 29.5 Å². The molecule has 2 aromatic heterocycles. The molecule has 2 aromatic rings. The molecule has 0 aliphatic rings. The van der Waals surface area contributed by atoms with Gasteiger partial charge in [0.25, 0.3) is 5.78 Å². The van der Waals surface area contributed by atoms with Gasteiger partial charge in [0.2, 0.25) is 23.7 Å². The summed E-state index contributed by atoms with van der Waals surface area (Å²) in [5.74, 6) is -0.138. The van der Waals surface area contributed by atoms with Gasteiger partial charge < -0.3 is 0 Å². The van der Waals surface area contributed by atoms with Crippen LogP contribution in [0.5, 0.6) is 0 Å². The minimum absolute atomic E-state index is 0.0572. The number of amides is 2. The number of hydrogen-bond donors (Lipinski definition) is 2. The molecule has 0 aliphatic heterocycles. The molecule has 0 aliphatic carbocycles. The number of hydrogen-bond acceptors (Lipinski definition) is 6. The zero-order valence-corrected chi connectivity index (χ0v) is 9.13. The van der Waals surface area contributed by atoms with Crippen molar-refractivity contribution in [2.24, 2.45) is 0 Å². The lowest BCUT2D eigenvalue weighted by Crippen LogP contribution is -2.16. The van der Waals surface area contributed by atoms with Crippen LogP contribution in [-0.4, -0.2) is 36.4 Å². The summed E-state index contributed by atoms with van der Waals surface area (Å²) in [6, 6.07) is 0. The van der Waals surface area contributed by atoms with E-state index in [4.69, 9.17) is 0 Å². The summed E-state index contributed by atoms with van der Waals surface area (Å²) in [6.45, 7) is 2.67. The fourth-order valence-electron chi connectivity index (χ4n) is 1.19. The number of rotatable bonds is 2. The molecule has 0 unspecified atom stereocenters. The number of fused-ring (bicyclic) bond motifs is 1. The van der Waals surface area contributed by atoms with Crippen LogP contribution in [0, 0.1) is 0 Å². The first-order chi connectivity index (χ1) is 8.06. The Hall–Kier alpha value is -2.58. The Bertz CT molecular complexity index is 591. The summed E-state index contributed by atoms with van der Waals surface area (Å²) < 4.78 is 1.40. The van der Waals surface area contributed by atoms with Gasteiger partial charge in [0.05, 0.1) is 0 Å². The van der Waals surface area contributed by atoms with Crippen molar-refractivity contribution in [2.75, 3.05) is 10.6 Å². The van der Waals surface area contributed by atoms with Gasteiger partial charge in [0.1, 0.15) is 6.33 Å². The maximum Gasteiger partial charge on any atom is 0.260 e. The SMILES string of the molecule is CC(=O)Nc1nc(NC(C)=O)n2cnnc2n1. The van der Waals surface area contributed by atoms with Crippen LogP contribution in [0.2, 0.25) is 0 Å². The summed E-state index contributed by atoms with van der Waals surface area (Å²) >= 11 is 0. The van der Waals surface area contributed by atoms with Crippen molar-refractivity contribution in [2.45, 2.75) is 13.8 Å². The van der Waals surface area contributed by atoms with Crippen LogP contribution in [0.15, 0.2) is 6.33 Å². The Morgan fingerprint density at radius 2 is 1.88 bits per heavy atom. The van der Waals surface area contributed by atoms with Crippen LogP contribution in [0.25, 0.3) is 5.78 Å². The molecule has 0 saturated carbocycles. The first-order valence-corrected chi connectivity index (χ1v) is 4.69. The van der Waals surface area contributed by atoms with Gasteiger partial charge in [0.15, 0.2) is 0 Å².